The van der Waals surface area contributed by atoms with Crippen molar-refractivity contribution in [2.24, 2.45) is 15.4 Å². The summed E-state index contributed by atoms with van der Waals surface area (Å²) in [6.07, 6.45) is 23.6. The molecule has 4 aliphatic heterocycles. The van der Waals surface area contributed by atoms with Gasteiger partial charge >= 0.3 is 11.8 Å². The summed E-state index contributed by atoms with van der Waals surface area (Å²) in [6.45, 7) is 14.7. The molecule has 0 saturated heterocycles. The SMILES string of the molecule is CCCCC[n+]1cccc2c1N=C(C=CC1=C(Cl)C(=CC=C3N=C4C(=CC=CN4CCCCS(=O)(=O)O)C3(C)C)CN(CCCCCC(=O)O)C1)C2(C)C. The van der Waals surface area contributed by atoms with Crippen molar-refractivity contribution in [2.45, 2.75) is 104 Å². The van der Waals surface area contributed by atoms with Gasteiger partial charge in [0, 0.05) is 48.3 Å². The number of aryl methyl sites for hydroxylation is 1. The van der Waals surface area contributed by atoms with E-state index in [0.29, 0.717) is 38.9 Å². The van der Waals surface area contributed by atoms with Gasteiger partial charge in [-0.3, -0.25) is 14.2 Å². The van der Waals surface area contributed by atoms with E-state index in [9.17, 15) is 13.2 Å². The van der Waals surface area contributed by atoms with Crippen LogP contribution in [0.3, 0.4) is 0 Å². The Morgan fingerprint density at radius 3 is 2.50 bits per heavy atom. The number of carboxylic acid groups (broad SMARTS) is 1. The second-order valence-electron chi connectivity index (χ2n) is 15.8. The van der Waals surface area contributed by atoms with Gasteiger partial charge in [-0.25, -0.2) is 9.56 Å². The van der Waals surface area contributed by atoms with Crippen LogP contribution in [0.5, 0.6) is 0 Å². The lowest BCUT2D eigenvalue weighted by molar-refractivity contribution is -0.684. The van der Waals surface area contributed by atoms with Gasteiger partial charge in [-0.15, -0.1) is 0 Å². The minimum absolute atomic E-state index is 0.184. The van der Waals surface area contributed by atoms with Gasteiger partial charge in [0.1, 0.15) is 5.84 Å². The Hall–Kier alpha value is -3.64. The maximum absolute atomic E-state index is 11.2. The Labute approximate surface area is 326 Å². The van der Waals surface area contributed by atoms with Gasteiger partial charge in [0.2, 0.25) is 0 Å². The average molecular weight is 779 g/mol. The van der Waals surface area contributed by atoms with Crippen LogP contribution in [-0.2, 0) is 26.9 Å². The summed E-state index contributed by atoms with van der Waals surface area (Å²) in [4.78, 5) is 25.7. The van der Waals surface area contributed by atoms with Crippen LogP contribution in [0.4, 0.5) is 5.82 Å². The molecule has 4 aliphatic rings. The molecule has 12 heteroatoms. The summed E-state index contributed by atoms with van der Waals surface area (Å²) in [5, 5.41) is 9.82. The largest absolute Gasteiger partial charge is 0.481 e. The number of pyridine rings is 1. The first-order valence-electron chi connectivity index (χ1n) is 19.4. The van der Waals surface area contributed by atoms with Crippen LogP contribution in [0.25, 0.3) is 0 Å². The maximum Gasteiger partial charge on any atom is 0.327 e. The van der Waals surface area contributed by atoms with Crippen LogP contribution in [0, 0.1) is 5.41 Å². The first-order valence-corrected chi connectivity index (χ1v) is 21.3. The topological polar surface area (TPSA) is 127 Å². The fraction of sp³-hybridized carbons (Fsp3) is 0.524. The number of carboxylic acids is 1. The minimum atomic E-state index is -3.99. The zero-order valence-corrected chi connectivity index (χ0v) is 34.1. The highest BCUT2D eigenvalue weighted by atomic mass is 35.5. The van der Waals surface area contributed by atoms with Gasteiger partial charge in [0.15, 0.2) is 5.71 Å². The van der Waals surface area contributed by atoms with E-state index >= 15 is 0 Å². The smallest absolute Gasteiger partial charge is 0.327 e. The summed E-state index contributed by atoms with van der Waals surface area (Å²) in [5.74, 6) is 0.863. The predicted molar refractivity (Wildman–Crippen MR) is 218 cm³/mol. The summed E-state index contributed by atoms with van der Waals surface area (Å²) < 4.78 is 33.8. The van der Waals surface area contributed by atoms with Crippen molar-refractivity contribution >= 4 is 45.1 Å². The molecule has 0 spiro atoms. The molecule has 0 unspecified atom stereocenters. The molecule has 0 radical (unpaired) electrons. The maximum atomic E-state index is 11.2. The molecule has 0 fully saturated rings. The van der Waals surface area contributed by atoms with E-state index in [2.05, 4.69) is 97.7 Å². The molecule has 10 nitrogen and oxygen atoms in total. The first kappa shape index (κ1) is 41.5. The highest BCUT2D eigenvalue weighted by Gasteiger charge is 2.42. The van der Waals surface area contributed by atoms with E-state index in [-0.39, 0.29) is 23.0 Å². The lowest BCUT2D eigenvalue weighted by Gasteiger charge is -2.30. The predicted octanol–water partition coefficient (Wildman–Crippen LogP) is 8.21. The first-order chi connectivity index (χ1) is 25.6. The molecule has 0 aromatic carbocycles. The van der Waals surface area contributed by atoms with Gasteiger partial charge in [0.05, 0.1) is 35.2 Å². The monoisotopic (exact) mass is 778 g/mol. The highest BCUT2D eigenvalue weighted by Crippen LogP contribution is 2.44. The number of nitrogens with zero attached hydrogens (tertiary/aromatic N) is 5. The standard InChI is InChI=1S/C42H56ClN5O5S/c1-6-7-10-24-47-26-14-16-33-39(47)44-35(41(33,2)3)21-19-31-29-46(23-11-8-9-18-37(49)50)30-32(38(31)43)20-22-36-42(4,5)34-17-15-27-48(40(34)45-36)25-12-13-28-54(51,52)53/h14-17,19-22,26-27H,6-13,18,23-25,28-30H2,1-5H3,(H-,49,50,51,52,53)/p+1. The molecule has 5 heterocycles. The quantitative estimate of drug-likeness (QED) is 0.0874. The molecular weight excluding hydrogens is 722 g/mol. The number of fused-ring (bicyclic) bond motifs is 2. The van der Waals surface area contributed by atoms with Crippen molar-refractivity contribution in [3.05, 3.63) is 94.0 Å². The normalized spacial score (nSPS) is 20.9. The summed E-state index contributed by atoms with van der Waals surface area (Å²) >= 11 is 7.25. The molecule has 0 bridgehead atoms. The Morgan fingerprint density at radius 1 is 0.981 bits per heavy atom. The lowest BCUT2D eigenvalue weighted by atomic mass is 9.81. The molecule has 292 valence electrons. The zero-order chi connectivity index (χ0) is 39.1. The van der Waals surface area contributed by atoms with Crippen molar-refractivity contribution in [3.63, 3.8) is 0 Å². The van der Waals surface area contributed by atoms with E-state index < -0.39 is 16.1 Å². The second kappa shape index (κ2) is 17.9. The number of aromatic nitrogens is 1. The van der Waals surface area contributed by atoms with Crippen molar-refractivity contribution < 1.29 is 27.4 Å². The zero-order valence-electron chi connectivity index (χ0n) is 32.5. The number of carbonyl (C=O) groups is 1. The number of halogens is 1. The molecule has 1 aromatic heterocycles. The number of rotatable bonds is 18. The van der Waals surface area contributed by atoms with E-state index in [1.165, 1.54) is 18.4 Å². The minimum Gasteiger partial charge on any atom is -0.481 e. The number of hydrogen-bond donors (Lipinski definition) is 2. The third-order valence-corrected chi connectivity index (χ3v) is 12.1. The van der Waals surface area contributed by atoms with Crippen molar-refractivity contribution in [1.82, 2.24) is 9.80 Å². The molecule has 2 N–H and O–H groups in total. The van der Waals surface area contributed by atoms with E-state index in [1.54, 1.807) is 0 Å². The molecule has 0 aliphatic carbocycles. The van der Waals surface area contributed by atoms with Gasteiger partial charge < -0.3 is 10.0 Å². The molecular formula is C42H57ClN5O5S+. The second-order valence-corrected chi connectivity index (χ2v) is 17.7. The Bertz CT molecular complexity index is 1950. The fourth-order valence-electron chi connectivity index (χ4n) is 7.49. The third kappa shape index (κ3) is 10.2. The number of allylic oxidation sites excluding steroid dienone is 6. The number of aliphatic carboxylic acids is 1. The van der Waals surface area contributed by atoms with Crippen LogP contribution in [-0.4, -0.2) is 77.3 Å². The highest BCUT2D eigenvalue weighted by molar-refractivity contribution is 7.85. The van der Waals surface area contributed by atoms with E-state index in [1.807, 2.05) is 12.3 Å². The van der Waals surface area contributed by atoms with Crippen LogP contribution < -0.4 is 4.57 Å². The van der Waals surface area contributed by atoms with Crippen molar-refractivity contribution in [1.29, 1.82) is 0 Å². The molecule has 0 atom stereocenters. The van der Waals surface area contributed by atoms with Crippen molar-refractivity contribution in [3.8, 4) is 0 Å². The van der Waals surface area contributed by atoms with Crippen LogP contribution in [0.1, 0.15) is 98.0 Å². The molecule has 5 rings (SSSR count). The number of aliphatic imine (C=N–C) groups is 2. The lowest BCUT2D eigenvalue weighted by Crippen LogP contribution is -2.34. The number of unbranched alkanes of at least 4 members (excludes halogenated alkanes) is 5. The van der Waals surface area contributed by atoms with Crippen LogP contribution in [0.15, 0.2) is 98.4 Å². The Kier molecular flexibility index (Phi) is 13.7. The summed E-state index contributed by atoms with van der Waals surface area (Å²) in [7, 11) is -3.99. The van der Waals surface area contributed by atoms with E-state index in [0.717, 1.165) is 77.2 Å². The van der Waals surface area contributed by atoms with Gasteiger partial charge in [-0.1, -0.05) is 63.4 Å². The van der Waals surface area contributed by atoms with Gasteiger partial charge in [0.25, 0.3) is 10.1 Å². The molecule has 54 heavy (non-hydrogen) atoms. The fourth-order valence-corrected chi connectivity index (χ4v) is 8.30. The number of amidine groups is 1. The van der Waals surface area contributed by atoms with Crippen molar-refractivity contribution in [2.75, 3.05) is 31.9 Å². The van der Waals surface area contributed by atoms with Crippen LogP contribution in [0.2, 0.25) is 0 Å². The molecule has 0 amide bonds. The third-order valence-electron chi connectivity index (χ3n) is 10.8. The Morgan fingerprint density at radius 2 is 1.76 bits per heavy atom. The average Bonchev–Trinajstić information content (AvgIpc) is 3.53. The van der Waals surface area contributed by atoms with Crippen LogP contribution >= 0.6 is 11.6 Å². The summed E-state index contributed by atoms with van der Waals surface area (Å²) in [6, 6.07) is 4.31. The van der Waals surface area contributed by atoms with Gasteiger partial charge in [-0.05, 0) is 105 Å². The summed E-state index contributed by atoms with van der Waals surface area (Å²) in [5.41, 5.74) is 5.60. The van der Waals surface area contributed by atoms with Gasteiger partial charge in [-0.2, -0.15) is 8.42 Å². The molecule has 1 aromatic rings. The van der Waals surface area contributed by atoms with E-state index in [4.69, 9.17) is 31.2 Å². The Balaban J connectivity index is 1.41. The number of hydrogen-bond acceptors (Lipinski definition) is 7. The molecule has 0 saturated carbocycles.